The van der Waals surface area contributed by atoms with E-state index >= 15 is 0 Å². The van der Waals surface area contributed by atoms with Crippen LogP contribution in [0.5, 0.6) is 0 Å². The van der Waals surface area contributed by atoms with E-state index in [0.717, 1.165) is 17.7 Å². The van der Waals surface area contributed by atoms with Crippen molar-refractivity contribution in [1.82, 2.24) is 0 Å². The molecule has 0 unspecified atom stereocenters. The van der Waals surface area contributed by atoms with Gasteiger partial charge in [-0.2, -0.15) is 5.26 Å². The summed E-state index contributed by atoms with van der Waals surface area (Å²) in [6, 6.07) is 7.75. The second-order valence-corrected chi connectivity index (χ2v) is 6.52. The number of benzene rings is 1. The first kappa shape index (κ1) is 14.5. The van der Waals surface area contributed by atoms with Crippen molar-refractivity contribution in [3.05, 3.63) is 29.8 Å². The summed E-state index contributed by atoms with van der Waals surface area (Å²) >= 11 is 0. The summed E-state index contributed by atoms with van der Waals surface area (Å²) in [5.74, 6) is 0.110. The minimum absolute atomic E-state index is 0.110. The first-order chi connectivity index (χ1) is 8.46. The Balaban J connectivity index is 2.69. The molecule has 0 radical (unpaired) electrons. The van der Waals surface area contributed by atoms with Crippen LogP contribution in [-0.4, -0.2) is 27.0 Å². The lowest BCUT2D eigenvalue weighted by Crippen LogP contribution is -2.20. The van der Waals surface area contributed by atoms with Gasteiger partial charge in [0.15, 0.2) is 6.19 Å². The lowest BCUT2D eigenvalue weighted by atomic mass is 10.1. The monoisotopic (exact) mass is 266 g/mol. The molecule has 0 fully saturated rings. The van der Waals surface area contributed by atoms with E-state index in [0.29, 0.717) is 13.0 Å². The van der Waals surface area contributed by atoms with Gasteiger partial charge in [0.25, 0.3) is 0 Å². The van der Waals surface area contributed by atoms with E-state index in [2.05, 4.69) is 13.1 Å². The highest BCUT2D eigenvalue weighted by Gasteiger charge is 2.08. The van der Waals surface area contributed by atoms with Gasteiger partial charge in [0.05, 0.1) is 11.4 Å². The van der Waals surface area contributed by atoms with Gasteiger partial charge in [-0.25, -0.2) is 8.42 Å². The second kappa shape index (κ2) is 6.41. The van der Waals surface area contributed by atoms with Gasteiger partial charge >= 0.3 is 0 Å². The number of sulfone groups is 1. The zero-order valence-corrected chi connectivity index (χ0v) is 11.6. The average molecular weight is 266 g/mol. The molecule has 18 heavy (non-hydrogen) atoms. The molecule has 0 aromatic heterocycles. The maximum Gasteiger partial charge on any atom is 0.184 e. The number of rotatable bonds is 6. The molecule has 1 aromatic rings. The van der Waals surface area contributed by atoms with Gasteiger partial charge in [0.1, 0.15) is 9.84 Å². The van der Waals surface area contributed by atoms with Gasteiger partial charge in [-0.3, -0.25) is 4.90 Å². The van der Waals surface area contributed by atoms with E-state index in [1.54, 1.807) is 0 Å². The third-order valence-electron chi connectivity index (χ3n) is 2.65. The molecular formula is C13H18N2O2S. The molecule has 1 rings (SSSR count). The summed E-state index contributed by atoms with van der Waals surface area (Å²) in [6.45, 7) is 2.48. The summed E-state index contributed by atoms with van der Waals surface area (Å²) in [5, 5.41) is 9.10. The van der Waals surface area contributed by atoms with Crippen LogP contribution in [0.4, 0.5) is 5.69 Å². The number of hydrogen-bond acceptors (Lipinski definition) is 4. The van der Waals surface area contributed by atoms with Gasteiger partial charge in [0.2, 0.25) is 0 Å². The Bertz CT molecular complexity index is 532. The van der Waals surface area contributed by atoms with Crippen LogP contribution < -0.4 is 4.90 Å². The lowest BCUT2D eigenvalue weighted by Gasteiger charge is -2.16. The smallest absolute Gasteiger partial charge is 0.184 e. The van der Waals surface area contributed by atoms with Crippen LogP contribution in [-0.2, 0) is 16.3 Å². The van der Waals surface area contributed by atoms with Crippen LogP contribution in [0, 0.1) is 11.5 Å². The highest BCUT2D eigenvalue weighted by molar-refractivity contribution is 7.90. The Kier molecular flexibility index (Phi) is 5.17. The molecule has 0 aliphatic rings. The Labute approximate surface area is 109 Å². The molecule has 0 aliphatic carbocycles. The highest BCUT2D eigenvalue weighted by atomic mass is 32.2. The van der Waals surface area contributed by atoms with Crippen LogP contribution in [0.2, 0.25) is 0 Å². The van der Waals surface area contributed by atoms with Gasteiger partial charge in [0, 0.05) is 12.8 Å². The molecule has 0 N–H and O–H groups in total. The Hall–Kier alpha value is -1.54. The first-order valence-electron chi connectivity index (χ1n) is 5.90. The summed E-state index contributed by atoms with van der Waals surface area (Å²) in [5.41, 5.74) is 1.99. The normalized spacial score (nSPS) is 10.9. The van der Waals surface area contributed by atoms with Crippen LogP contribution >= 0.6 is 0 Å². The molecule has 0 amide bonds. The maximum atomic E-state index is 11.0. The standard InChI is InChI=1S/C13H18N2O2S/c1-3-12-6-4-7-13(10-12)15(11-14)8-5-9-18(2,16)17/h4,6-7,10H,3,5,8-9H2,1-2H3. The van der Waals surface area contributed by atoms with Crippen molar-refractivity contribution in [2.45, 2.75) is 19.8 Å². The lowest BCUT2D eigenvalue weighted by molar-refractivity contribution is 0.599. The molecule has 98 valence electrons. The predicted molar refractivity (Wildman–Crippen MR) is 73.1 cm³/mol. The quantitative estimate of drug-likeness (QED) is 0.583. The van der Waals surface area contributed by atoms with Gasteiger partial charge < -0.3 is 0 Å². The average Bonchev–Trinajstić information content (AvgIpc) is 2.33. The van der Waals surface area contributed by atoms with Crippen molar-refractivity contribution in [1.29, 1.82) is 5.26 Å². The Morgan fingerprint density at radius 3 is 2.67 bits per heavy atom. The fourth-order valence-corrected chi connectivity index (χ4v) is 2.32. The van der Waals surface area contributed by atoms with Gasteiger partial charge in [-0.05, 0) is 30.5 Å². The Morgan fingerprint density at radius 2 is 2.11 bits per heavy atom. The third kappa shape index (κ3) is 4.76. The van der Waals surface area contributed by atoms with Gasteiger partial charge in [-0.1, -0.05) is 19.1 Å². The zero-order valence-electron chi connectivity index (χ0n) is 10.8. The number of nitrogens with zero attached hydrogens (tertiary/aromatic N) is 2. The molecule has 0 atom stereocenters. The van der Waals surface area contributed by atoms with Crippen LogP contribution in [0.25, 0.3) is 0 Å². The molecule has 0 heterocycles. The topological polar surface area (TPSA) is 61.2 Å². The number of hydrogen-bond donors (Lipinski definition) is 0. The minimum Gasteiger partial charge on any atom is -0.279 e. The summed E-state index contributed by atoms with van der Waals surface area (Å²) < 4.78 is 22.1. The first-order valence-corrected chi connectivity index (χ1v) is 7.96. The fraction of sp³-hybridized carbons (Fsp3) is 0.462. The molecule has 0 saturated heterocycles. The van der Waals surface area contributed by atoms with Crippen LogP contribution in [0.3, 0.4) is 0 Å². The van der Waals surface area contributed by atoms with Crippen molar-refractivity contribution in [3.8, 4) is 6.19 Å². The summed E-state index contributed by atoms with van der Waals surface area (Å²) in [7, 11) is -2.96. The minimum atomic E-state index is -2.96. The van der Waals surface area contributed by atoms with E-state index in [1.807, 2.05) is 24.3 Å². The van der Waals surface area contributed by atoms with Crippen molar-refractivity contribution >= 4 is 15.5 Å². The van der Waals surface area contributed by atoms with E-state index in [1.165, 1.54) is 11.2 Å². The largest absolute Gasteiger partial charge is 0.279 e. The van der Waals surface area contributed by atoms with E-state index in [-0.39, 0.29) is 5.75 Å². The zero-order chi connectivity index (χ0) is 13.6. The Morgan fingerprint density at radius 1 is 1.39 bits per heavy atom. The van der Waals surface area contributed by atoms with Crippen LogP contribution in [0.1, 0.15) is 18.9 Å². The molecule has 0 bridgehead atoms. The van der Waals surface area contributed by atoms with E-state index < -0.39 is 9.84 Å². The molecular weight excluding hydrogens is 248 g/mol. The summed E-state index contributed by atoms with van der Waals surface area (Å²) in [4.78, 5) is 1.53. The van der Waals surface area contributed by atoms with Crippen molar-refractivity contribution in [3.63, 3.8) is 0 Å². The van der Waals surface area contributed by atoms with Crippen molar-refractivity contribution in [2.24, 2.45) is 0 Å². The predicted octanol–water partition coefficient (Wildman–Crippen LogP) is 1.97. The fourth-order valence-electron chi connectivity index (χ4n) is 1.67. The number of anilines is 1. The second-order valence-electron chi connectivity index (χ2n) is 4.26. The van der Waals surface area contributed by atoms with Crippen molar-refractivity contribution in [2.75, 3.05) is 23.5 Å². The molecule has 1 aromatic carbocycles. The SMILES string of the molecule is CCc1cccc(N(C#N)CCCS(C)(=O)=O)c1. The maximum absolute atomic E-state index is 11.0. The molecule has 5 heteroatoms. The van der Waals surface area contributed by atoms with E-state index in [9.17, 15) is 8.42 Å². The molecule has 0 aliphatic heterocycles. The summed E-state index contributed by atoms with van der Waals surface area (Å²) in [6.07, 6.45) is 4.68. The molecule has 0 spiro atoms. The van der Waals surface area contributed by atoms with Crippen LogP contribution in [0.15, 0.2) is 24.3 Å². The number of aryl methyl sites for hydroxylation is 1. The van der Waals surface area contributed by atoms with Crippen molar-refractivity contribution < 1.29 is 8.42 Å². The third-order valence-corrected chi connectivity index (χ3v) is 3.68. The molecule has 0 saturated carbocycles. The number of nitriles is 1. The highest BCUT2D eigenvalue weighted by Crippen LogP contribution is 2.16. The molecule has 4 nitrogen and oxygen atoms in total. The van der Waals surface area contributed by atoms with Gasteiger partial charge in [-0.15, -0.1) is 0 Å². The van der Waals surface area contributed by atoms with E-state index in [4.69, 9.17) is 5.26 Å².